The second-order valence-corrected chi connectivity index (χ2v) is 8.95. The van der Waals surface area contributed by atoms with E-state index in [1.165, 1.54) is 17.8 Å². The van der Waals surface area contributed by atoms with E-state index in [9.17, 15) is 18.8 Å². The van der Waals surface area contributed by atoms with Crippen molar-refractivity contribution in [3.8, 4) is 0 Å². The number of rotatable bonds is 6. The molecule has 0 aromatic heterocycles. The third-order valence-electron chi connectivity index (χ3n) is 5.54. The molecule has 0 radical (unpaired) electrons. The van der Waals surface area contributed by atoms with Crippen molar-refractivity contribution in [1.82, 2.24) is 10.6 Å². The second kappa shape index (κ2) is 9.51. The smallest absolute Gasteiger partial charge is 0.243 e. The van der Waals surface area contributed by atoms with Crippen LogP contribution in [0.15, 0.2) is 48.5 Å². The molecule has 31 heavy (non-hydrogen) atoms. The van der Waals surface area contributed by atoms with E-state index < -0.39 is 11.3 Å². The Balaban J connectivity index is 1.26. The molecule has 2 aromatic carbocycles. The van der Waals surface area contributed by atoms with Gasteiger partial charge in [0.2, 0.25) is 17.7 Å². The molecule has 2 atom stereocenters. The van der Waals surface area contributed by atoms with Crippen LogP contribution in [-0.2, 0) is 27.3 Å². The molecule has 2 fully saturated rings. The molecule has 0 bridgehead atoms. The average molecular weight is 442 g/mol. The molecule has 2 aliphatic rings. The number of thioether (sulfide) groups is 1. The van der Waals surface area contributed by atoms with Crippen molar-refractivity contribution >= 4 is 35.2 Å². The van der Waals surface area contributed by atoms with Crippen LogP contribution in [-0.4, -0.2) is 41.3 Å². The van der Waals surface area contributed by atoms with E-state index in [1.54, 1.807) is 23.1 Å². The van der Waals surface area contributed by atoms with Gasteiger partial charge in [0.15, 0.2) is 0 Å². The highest BCUT2D eigenvalue weighted by atomic mass is 32.2. The number of benzene rings is 2. The van der Waals surface area contributed by atoms with Gasteiger partial charge in [-0.1, -0.05) is 30.3 Å². The summed E-state index contributed by atoms with van der Waals surface area (Å²) in [5, 5.41) is 5.19. The molecular weight excluding hydrogens is 417 g/mol. The number of halogens is 1. The normalized spacial score (nSPS) is 21.1. The molecule has 2 saturated heterocycles. The number of anilines is 1. The van der Waals surface area contributed by atoms with Crippen LogP contribution in [0.5, 0.6) is 0 Å². The molecule has 162 valence electrons. The minimum Gasteiger partial charge on any atom is -0.350 e. The first-order valence-electron chi connectivity index (χ1n) is 10.3. The summed E-state index contributed by atoms with van der Waals surface area (Å²) in [5.74, 6) is -0.244. The van der Waals surface area contributed by atoms with Crippen LogP contribution in [0.4, 0.5) is 10.1 Å². The summed E-state index contributed by atoms with van der Waals surface area (Å²) in [7, 11) is 0. The van der Waals surface area contributed by atoms with Crippen molar-refractivity contribution in [3.05, 3.63) is 65.5 Å². The van der Waals surface area contributed by atoms with Gasteiger partial charge in [-0.25, -0.2) is 4.39 Å². The molecular formula is C23H24FN3O3S. The zero-order chi connectivity index (χ0) is 21.8. The molecule has 6 nitrogen and oxygen atoms in total. The quantitative estimate of drug-likeness (QED) is 0.722. The number of amides is 3. The second-order valence-electron chi connectivity index (χ2n) is 7.71. The Kier molecular flexibility index (Phi) is 6.56. The van der Waals surface area contributed by atoms with Gasteiger partial charge in [0.1, 0.15) is 11.9 Å². The van der Waals surface area contributed by atoms with E-state index in [4.69, 9.17) is 0 Å². The lowest BCUT2D eigenvalue weighted by atomic mass is 10.1. The van der Waals surface area contributed by atoms with Crippen molar-refractivity contribution in [2.75, 3.05) is 17.2 Å². The average Bonchev–Trinajstić information content (AvgIpc) is 3.21. The number of nitrogens with zero attached hydrogens (tertiary/aromatic N) is 1. The maximum Gasteiger partial charge on any atom is 0.243 e. The van der Waals surface area contributed by atoms with Crippen molar-refractivity contribution in [2.24, 2.45) is 0 Å². The predicted octanol–water partition coefficient (Wildman–Crippen LogP) is 2.41. The number of hydrogen-bond donors (Lipinski definition) is 2. The Labute approximate surface area is 184 Å². The third kappa shape index (κ3) is 5.07. The van der Waals surface area contributed by atoms with Gasteiger partial charge in [0, 0.05) is 31.0 Å². The molecule has 0 spiro atoms. The summed E-state index contributed by atoms with van der Waals surface area (Å²) in [6.45, 7) is 1.08. The molecule has 2 aliphatic heterocycles. The molecule has 0 aliphatic carbocycles. The number of carbonyl (C=O) groups is 3. The maximum absolute atomic E-state index is 13.8. The van der Waals surface area contributed by atoms with E-state index in [2.05, 4.69) is 10.6 Å². The fourth-order valence-electron chi connectivity index (χ4n) is 3.78. The lowest BCUT2D eigenvalue weighted by Crippen LogP contribution is -2.54. The summed E-state index contributed by atoms with van der Waals surface area (Å²) in [6.07, 6.45) is 1.76. The van der Waals surface area contributed by atoms with Gasteiger partial charge in [-0.2, -0.15) is 0 Å². The van der Waals surface area contributed by atoms with Crippen LogP contribution in [0, 0.1) is 5.82 Å². The van der Waals surface area contributed by atoms with Gasteiger partial charge in [-0.15, -0.1) is 11.8 Å². The standard InChI is InChI=1S/C23H24FN3O3S/c24-18-5-2-1-4-16(18)12-20-23(30)26-19(14-31-20)22(29)25-13-15-7-9-17(10-8-15)27-11-3-6-21(27)28/h1-2,4-5,7-10,19-20H,3,6,11-14H2,(H,25,29)(H,26,30). The minimum atomic E-state index is -0.615. The summed E-state index contributed by atoms with van der Waals surface area (Å²) < 4.78 is 13.8. The Morgan fingerprint density at radius 3 is 2.61 bits per heavy atom. The largest absolute Gasteiger partial charge is 0.350 e. The SMILES string of the molecule is O=C(NCc1ccc(N2CCCC2=O)cc1)C1CSC(Cc2ccccc2F)C(=O)N1. The van der Waals surface area contributed by atoms with Gasteiger partial charge in [0.25, 0.3) is 0 Å². The summed E-state index contributed by atoms with van der Waals surface area (Å²) in [5.41, 5.74) is 2.28. The van der Waals surface area contributed by atoms with Gasteiger partial charge in [-0.05, 0) is 42.2 Å². The third-order valence-corrected chi connectivity index (χ3v) is 6.85. The van der Waals surface area contributed by atoms with Gasteiger partial charge in [0.05, 0.1) is 5.25 Å². The highest BCUT2D eigenvalue weighted by Gasteiger charge is 2.32. The number of hydrogen-bond acceptors (Lipinski definition) is 4. The van der Waals surface area contributed by atoms with Crippen LogP contribution in [0.3, 0.4) is 0 Å². The predicted molar refractivity (Wildman–Crippen MR) is 118 cm³/mol. The fourth-order valence-corrected chi connectivity index (χ4v) is 4.95. The van der Waals surface area contributed by atoms with Gasteiger partial charge < -0.3 is 15.5 Å². The van der Waals surface area contributed by atoms with E-state index in [1.807, 2.05) is 24.3 Å². The molecule has 2 heterocycles. The molecule has 8 heteroatoms. The van der Waals surface area contributed by atoms with Crippen LogP contribution >= 0.6 is 11.8 Å². The summed E-state index contributed by atoms with van der Waals surface area (Å²) >= 11 is 1.37. The van der Waals surface area contributed by atoms with Gasteiger partial charge in [-0.3, -0.25) is 14.4 Å². The molecule has 2 aromatic rings. The molecule has 4 rings (SSSR count). The summed E-state index contributed by atoms with van der Waals surface area (Å²) in [4.78, 5) is 38.5. The first-order valence-corrected chi connectivity index (χ1v) is 11.4. The number of nitrogens with one attached hydrogen (secondary N) is 2. The van der Waals surface area contributed by atoms with Crippen molar-refractivity contribution in [3.63, 3.8) is 0 Å². The highest BCUT2D eigenvalue weighted by molar-refractivity contribution is 8.00. The van der Waals surface area contributed by atoms with Crippen LogP contribution in [0.1, 0.15) is 24.0 Å². The Morgan fingerprint density at radius 2 is 1.94 bits per heavy atom. The summed E-state index contributed by atoms with van der Waals surface area (Å²) in [6, 6.07) is 13.4. The lowest BCUT2D eigenvalue weighted by Gasteiger charge is -2.28. The van der Waals surface area contributed by atoms with E-state index in [-0.39, 0.29) is 23.5 Å². The highest BCUT2D eigenvalue weighted by Crippen LogP contribution is 2.24. The van der Waals surface area contributed by atoms with E-state index in [0.29, 0.717) is 30.7 Å². The van der Waals surface area contributed by atoms with Gasteiger partial charge >= 0.3 is 0 Å². The van der Waals surface area contributed by atoms with E-state index >= 15 is 0 Å². The Bertz CT molecular complexity index is 982. The zero-order valence-corrected chi connectivity index (χ0v) is 17.8. The van der Waals surface area contributed by atoms with Crippen molar-refractivity contribution in [1.29, 1.82) is 0 Å². The molecule has 3 amide bonds. The van der Waals surface area contributed by atoms with Crippen LogP contribution in [0.25, 0.3) is 0 Å². The first-order chi connectivity index (χ1) is 15.0. The first kappa shape index (κ1) is 21.4. The molecule has 2 N–H and O–H groups in total. The molecule has 2 unspecified atom stereocenters. The van der Waals surface area contributed by atoms with Crippen molar-refractivity contribution in [2.45, 2.75) is 37.1 Å². The monoisotopic (exact) mass is 441 g/mol. The van der Waals surface area contributed by atoms with Crippen LogP contribution in [0.2, 0.25) is 0 Å². The maximum atomic E-state index is 13.8. The molecule has 0 saturated carbocycles. The lowest BCUT2D eigenvalue weighted by molar-refractivity contribution is -0.128. The van der Waals surface area contributed by atoms with Crippen molar-refractivity contribution < 1.29 is 18.8 Å². The Morgan fingerprint density at radius 1 is 1.16 bits per heavy atom. The zero-order valence-electron chi connectivity index (χ0n) is 17.0. The minimum absolute atomic E-state index is 0.139. The van der Waals surface area contributed by atoms with E-state index in [0.717, 1.165) is 24.2 Å². The van der Waals surface area contributed by atoms with Crippen LogP contribution < -0.4 is 15.5 Å². The topological polar surface area (TPSA) is 78.5 Å². The fraction of sp³-hybridized carbons (Fsp3) is 0.348. The Hall–Kier alpha value is -2.87. The number of carbonyl (C=O) groups excluding carboxylic acids is 3.